The first-order valence-corrected chi connectivity index (χ1v) is 14.5. The maximum atomic E-state index is 14.1. The van der Waals surface area contributed by atoms with Gasteiger partial charge in [-0.25, -0.2) is 0 Å². The van der Waals surface area contributed by atoms with Crippen molar-refractivity contribution < 1.29 is 29.3 Å². The molecule has 2 fully saturated rings. The first kappa shape index (κ1) is 30.0. The summed E-state index contributed by atoms with van der Waals surface area (Å²) in [5.74, 6) is -1.04. The van der Waals surface area contributed by atoms with Crippen molar-refractivity contribution in [2.24, 2.45) is 10.8 Å². The van der Waals surface area contributed by atoms with Gasteiger partial charge in [-0.15, -0.1) is 0 Å². The molecule has 38 heavy (non-hydrogen) atoms. The topological polar surface area (TPSA) is 93.1 Å². The third kappa shape index (κ3) is 6.55. The first-order chi connectivity index (χ1) is 17.8. The van der Waals surface area contributed by atoms with Crippen molar-refractivity contribution in [1.29, 1.82) is 0 Å². The van der Waals surface area contributed by atoms with Gasteiger partial charge in [-0.05, 0) is 128 Å². The van der Waals surface area contributed by atoms with Crippen LogP contribution in [0.1, 0.15) is 123 Å². The van der Waals surface area contributed by atoms with Gasteiger partial charge in [0.2, 0.25) is 0 Å². The Bertz CT molecular complexity index is 999. The molecule has 3 rings (SSSR count). The lowest BCUT2D eigenvalue weighted by Crippen LogP contribution is -2.45. The molecule has 2 saturated carbocycles. The number of carbonyl (C=O) groups excluding carboxylic acids is 2. The van der Waals surface area contributed by atoms with E-state index in [0.29, 0.717) is 6.42 Å². The van der Waals surface area contributed by atoms with Crippen LogP contribution in [0.2, 0.25) is 0 Å². The van der Waals surface area contributed by atoms with Gasteiger partial charge in [0.05, 0.1) is 10.8 Å². The van der Waals surface area contributed by atoms with Crippen LogP contribution in [-0.4, -0.2) is 33.4 Å². The smallest absolute Gasteiger partial charge is 0.312 e. The number of phenolic OH excluding ortho intramolecular Hbond substituents is 2. The average Bonchev–Trinajstić information content (AvgIpc) is 3.54. The lowest BCUT2D eigenvalue weighted by Gasteiger charge is -2.40. The largest absolute Gasteiger partial charge is 0.504 e. The number of aromatic hydroxyl groups is 2. The van der Waals surface area contributed by atoms with E-state index in [-0.39, 0.29) is 35.8 Å². The van der Waals surface area contributed by atoms with Gasteiger partial charge in [0.25, 0.3) is 0 Å². The van der Waals surface area contributed by atoms with Crippen LogP contribution in [0.15, 0.2) is 30.9 Å². The van der Waals surface area contributed by atoms with Gasteiger partial charge in [-0.2, -0.15) is 0 Å². The molecule has 1 aromatic carbocycles. The number of esters is 2. The quantitative estimate of drug-likeness (QED) is 0.164. The maximum Gasteiger partial charge on any atom is 0.312 e. The zero-order valence-electron chi connectivity index (χ0n) is 24.1. The number of ether oxygens (including phenoxy) is 2. The average molecular weight is 529 g/mol. The third-order valence-corrected chi connectivity index (χ3v) is 9.12. The summed E-state index contributed by atoms with van der Waals surface area (Å²) in [5.41, 5.74) is -2.14. The Morgan fingerprint density at radius 3 is 2.11 bits per heavy atom. The number of rotatable bonds is 12. The number of carbonyl (C=O) groups is 2. The van der Waals surface area contributed by atoms with Crippen LogP contribution in [0.3, 0.4) is 0 Å². The molecular weight excluding hydrogens is 480 g/mol. The van der Waals surface area contributed by atoms with E-state index in [1.165, 1.54) is 6.07 Å². The van der Waals surface area contributed by atoms with E-state index < -0.39 is 22.0 Å². The van der Waals surface area contributed by atoms with Crippen LogP contribution >= 0.6 is 0 Å². The van der Waals surface area contributed by atoms with Crippen LogP contribution in [0.25, 0.3) is 0 Å². The molecule has 0 saturated heterocycles. The molecule has 0 amide bonds. The van der Waals surface area contributed by atoms with Gasteiger partial charge < -0.3 is 19.7 Å². The Morgan fingerprint density at radius 1 is 0.974 bits per heavy atom. The predicted molar refractivity (Wildman–Crippen MR) is 149 cm³/mol. The van der Waals surface area contributed by atoms with Crippen LogP contribution in [0, 0.1) is 10.8 Å². The molecule has 0 radical (unpaired) electrons. The SMILES string of the molecule is C=CC1(OC(=O)C(C)(C)CC(C)(CC(CC)c2ccc(O)c(O)c2)C(=O)OC2(CC)CCCC2)CCCC1. The van der Waals surface area contributed by atoms with Crippen LogP contribution in [0.5, 0.6) is 11.5 Å². The van der Waals surface area contributed by atoms with Crippen molar-refractivity contribution in [2.75, 3.05) is 0 Å². The molecule has 0 bridgehead atoms. The third-order valence-electron chi connectivity index (χ3n) is 9.12. The van der Waals surface area contributed by atoms with Crippen molar-refractivity contribution in [3.8, 4) is 11.5 Å². The lowest BCUT2D eigenvalue weighted by molar-refractivity contribution is -0.178. The first-order valence-electron chi connectivity index (χ1n) is 14.5. The van der Waals surface area contributed by atoms with E-state index in [2.05, 4.69) is 13.5 Å². The van der Waals surface area contributed by atoms with Crippen molar-refractivity contribution in [3.63, 3.8) is 0 Å². The van der Waals surface area contributed by atoms with Crippen molar-refractivity contribution in [1.82, 2.24) is 0 Å². The van der Waals surface area contributed by atoms with Gasteiger partial charge in [0.15, 0.2) is 11.5 Å². The minimum Gasteiger partial charge on any atom is -0.504 e. The van der Waals surface area contributed by atoms with E-state index in [0.717, 1.165) is 69.8 Å². The van der Waals surface area contributed by atoms with Gasteiger partial charge in [-0.1, -0.05) is 26.5 Å². The predicted octanol–water partition coefficient (Wildman–Crippen LogP) is 7.71. The molecule has 6 nitrogen and oxygen atoms in total. The molecule has 0 aromatic heterocycles. The Kier molecular flexibility index (Phi) is 9.26. The number of benzene rings is 1. The molecule has 2 N–H and O–H groups in total. The van der Waals surface area contributed by atoms with Crippen molar-refractivity contribution >= 4 is 11.9 Å². The standard InChI is InChI=1S/C32H48O6/c1-7-23(24-14-15-25(33)26(34)20-24)21-30(6,28(36)38-32(9-3)18-12-13-19-32)22-29(4,5)27(35)37-31(8-2)16-10-11-17-31/h8,14-15,20,23,33-34H,2,7,9-13,16-19,21-22H2,1,3-6H3. The molecule has 1 aromatic rings. The van der Waals surface area contributed by atoms with Crippen LogP contribution in [-0.2, 0) is 19.1 Å². The summed E-state index contributed by atoms with van der Waals surface area (Å²) in [6.45, 7) is 13.7. The minimum atomic E-state index is -0.974. The van der Waals surface area contributed by atoms with E-state index >= 15 is 0 Å². The fourth-order valence-corrected chi connectivity index (χ4v) is 6.62. The van der Waals surface area contributed by atoms with E-state index in [9.17, 15) is 19.8 Å². The molecule has 0 heterocycles. The Hall–Kier alpha value is -2.50. The molecule has 2 aliphatic rings. The fourth-order valence-electron chi connectivity index (χ4n) is 6.62. The van der Waals surface area contributed by atoms with E-state index in [4.69, 9.17) is 9.47 Å². The Morgan fingerprint density at radius 2 is 1.58 bits per heavy atom. The lowest BCUT2D eigenvalue weighted by atomic mass is 9.68. The van der Waals surface area contributed by atoms with Crippen molar-refractivity contribution in [3.05, 3.63) is 36.4 Å². The molecule has 212 valence electrons. The summed E-state index contributed by atoms with van der Waals surface area (Å²) >= 11 is 0. The monoisotopic (exact) mass is 528 g/mol. The molecule has 2 atom stereocenters. The fraction of sp³-hybridized carbons (Fsp3) is 0.688. The van der Waals surface area contributed by atoms with E-state index in [1.54, 1.807) is 18.2 Å². The second-order valence-electron chi connectivity index (χ2n) is 12.7. The summed E-state index contributed by atoms with van der Waals surface area (Å²) in [6, 6.07) is 4.82. The highest BCUT2D eigenvalue weighted by Gasteiger charge is 2.49. The van der Waals surface area contributed by atoms with Gasteiger partial charge >= 0.3 is 11.9 Å². The number of hydrogen-bond donors (Lipinski definition) is 2. The number of phenols is 2. The normalized spacial score (nSPS) is 20.9. The van der Waals surface area contributed by atoms with Gasteiger partial charge in [0, 0.05) is 0 Å². The highest BCUT2D eigenvalue weighted by atomic mass is 16.6. The van der Waals surface area contributed by atoms with E-state index in [1.807, 2.05) is 27.7 Å². The summed E-state index contributed by atoms with van der Waals surface area (Å²) < 4.78 is 12.4. The Labute approximate surface area is 228 Å². The summed E-state index contributed by atoms with van der Waals surface area (Å²) in [4.78, 5) is 27.6. The van der Waals surface area contributed by atoms with Gasteiger partial charge in [-0.3, -0.25) is 9.59 Å². The second kappa shape index (κ2) is 11.7. The summed E-state index contributed by atoms with van der Waals surface area (Å²) in [5, 5.41) is 20.0. The molecule has 2 unspecified atom stereocenters. The molecule has 2 aliphatic carbocycles. The second-order valence-corrected chi connectivity index (χ2v) is 12.7. The zero-order chi connectivity index (χ0) is 28.2. The molecule has 0 aliphatic heterocycles. The maximum absolute atomic E-state index is 14.1. The van der Waals surface area contributed by atoms with Crippen LogP contribution in [0.4, 0.5) is 0 Å². The summed E-state index contributed by atoms with van der Waals surface area (Å²) in [6.07, 6.45) is 11.3. The van der Waals surface area contributed by atoms with Gasteiger partial charge in [0.1, 0.15) is 11.2 Å². The number of hydrogen-bond acceptors (Lipinski definition) is 6. The Balaban J connectivity index is 1.92. The highest BCUT2D eigenvalue weighted by Crippen LogP contribution is 2.47. The highest BCUT2D eigenvalue weighted by molar-refractivity contribution is 5.81. The minimum absolute atomic E-state index is 0.0821. The molecule has 6 heteroatoms. The zero-order valence-corrected chi connectivity index (χ0v) is 24.1. The van der Waals surface area contributed by atoms with Crippen LogP contribution < -0.4 is 0 Å². The van der Waals surface area contributed by atoms with Crippen molar-refractivity contribution in [2.45, 2.75) is 129 Å². The summed E-state index contributed by atoms with van der Waals surface area (Å²) in [7, 11) is 0. The molecule has 0 spiro atoms. The molecular formula is C32H48O6.